The summed E-state index contributed by atoms with van der Waals surface area (Å²) in [4.78, 5) is 24.0. The maximum atomic E-state index is 10.3. The molecule has 0 aliphatic heterocycles. The van der Waals surface area contributed by atoms with Crippen LogP contribution in [0.3, 0.4) is 0 Å². The lowest BCUT2D eigenvalue weighted by atomic mass is 10.3. The SMILES string of the molecule is COc1ccccc1OCC(C[N+](=O)[O-])O[N+](=O)[O-]. The molecule has 1 aromatic carbocycles. The lowest BCUT2D eigenvalue weighted by Gasteiger charge is -2.14. The fraction of sp³-hybridized carbons (Fsp3) is 0.400. The van der Waals surface area contributed by atoms with E-state index in [1.165, 1.54) is 7.11 Å². The van der Waals surface area contributed by atoms with Gasteiger partial charge in [-0.15, -0.1) is 10.1 Å². The Labute approximate surface area is 107 Å². The average molecular weight is 272 g/mol. The van der Waals surface area contributed by atoms with Crippen LogP contribution in [0.4, 0.5) is 0 Å². The Morgan fingerprint density at radius 2 is 1.84 bits per heavy atom. The molecular weight excluding hydrogens is 260 g/mol. The molecule has 0 aromatic heterocycles. The van der Waals surface area contributed by atoms with E-state index in [-0.39, 0.29) is 6.61 Å². The number of nitro groups is 1. The van der Waals surface area contributed by atoms with E-state index < -0.39 is 22.7 Å². The monoisotopic (exact) mass is 272 g/mol. The first-order valence-corrected chi connectivity index (χ1v) is 5.21. The summed E-state index contributed by atoms with van der Waals surface area (Å²) < 4.78 is 10.2. The van der Waals surface area contributed by atoms with Crippen LogP contribution in [0, 0.1) is 20.2 Å². The third-order valence-electron chi connectivity index (χ3n) is 2.08. The number of nitrogens with zero attached hydrogens (tertiary/aromatic N) is 2. The Bertz CT molecular complexity index is 435. The minimum absolute atomic E-state index is 0.324. The molecule has 19 heavy (non-hydrogen) atoms. The van der Waals surface area contributed by atoms with Crippen LogP contribution in [0.15, 0.2) is 24.3 Å². The summed E-state index contributed by atoms with van der Waals surface area (Å²) in [7, 11) is 1.43. The van der Waals surface area contributed by atoms with Gasteiger partial charge >= 0.3 is 0 Å². The molecule has 0 N–H and O–H groups in total. The van der Waals surface area contributed by atoms with Crippen LogP contribution in [0.5, 0.6) is 11.5 Å². The molecular formula is C10H12N2O7. The minimum atomic E-state index is -1.28. The van der Waals surface area contributed by atoms with Gasteiger partial charge < -0.3 is 9.47 Å². The zero-order valence-electron chi connectivity index (χ0n) is 10.1. The second-order valence-corrected chi connectivity index (χ2v) is 3.43. The Balaban J connectivity index is 2.64. The van der Waals surface area contributed by atoms with Crippen molar-refractivity contribution in [3.63, 3.8) is 0 Å². The zero-order chi connectivity index (χ0) is 14.3. The maximum absolute atomic E-state index is 10.3. The normalized spacial score (nSPS) is 11.4. The van der Waals surface area contributed by atoms with Gasteiger partial charge in [-0.25, -0.2) is 0 Å². The van der Waals surface area contributed by atoms with Crippen molar-refractivity contribution in [1.29, 1.82) is 0 Å². The van der Waals surface area contributed by atoms with Gasteiger partial charge in [0.15, 0.2) is 11.5 Å². The quantitative estimate of drug-likeness (QED) is 0.510. The van der Waals surface area contributed by atoms with Crippen molar-refractivity contribution in [2.75, 3.05) is 20.3 Å². The Morgan fingerprint density at radius 1 is 1.21 bits per heavy atom. The molecule has 0 heterocycles. The fourth-order valence-corrected chi connectivity index (χ4v) is 1.33. The Morgan fingerprint density at radius 3 is 2.37 bits per heavy atom. The molecule has 1 rings (SSSR count). The molecule has 1 atom stereocenters. The van der Waals surface area contributed by atoms with E-state index in [4.69, 9.17) is 9.47 Å². The van der Waals surface area contributed by atoms with Crippen LogP contribution in [0.25, 0.3) is 0 Å². The zero-order valence-corrected chi connectivity index (χ0v) is 10.1. The van der Waals surface area contributed by atoms with Crippen molar-refractivity contribution >= 4 is 0 Å². The van der Waals surface area contributed by atoms with Gasteiger partial charge in [0.1, 0.15) is 6.61 Å². The molecule has 0 bridgehead atoms. The number of hydrogen-bond acceptors (Lipinski definition) is 7. The number of methoxy groups -OCH3 is 1. The van der Waals surface area contributed by atoms with Gasteiger partial charge in [-0.3, -0.25) is 15.0 Å². The molecule has 0 aliphatic carbocycles. The number of ether oxygens (including phenoxy) is 2. The van der Waals surface area contributed by atoms with Crippen LogP contribution in [-0.2, 0) is 4.84 Å². The number of hydrogen-bond donors (Lipinski definition) is 0. The highest BCUT2D eigenvalue weighted by molar-refractivity contribution is 5.39. The second-order valence-electron chi connectivity index (χ2n) is 3.43. The molecule has 1 unspecified atom stereocenters. The summed E-state index contributed by atoms with van der Waals surface area (Å²) in [5, 5.41) is 19.5. The Kier molecular flexibility index (Phi) is 5.33. The fourth-order valence-electron chi connectivity index (χ4n) is 1.33. The summed E-state index contributed by atoms with van der Waals surface area (Å²) in [6.45, 7) is -1.06. The van der Waals surface area contributed by atoms with Gasteiger partial charge in [-0.1, -0.05) is 12.1 Å². The number of benzene rings is 1. The predicted octanol–water partition coefficient (Wildman–Crippen LogP) is 0.928. The molecule has 0 radical (unpaired) electrons. The number of para-hydroxylation sites is 2. The lowest BCUT2D eigenvalue weighted by molar-refractivity contribution is -0.774. The molecule has 0 amide bonds. The van der Waals surface area contributed by atoms with E-state index in [9.17, 15) is 20.2 Å². The molecule has 0 saturated heterocycles. The van der Waals surface area contributed by atoms with Crippen LogP contribution in [0.2, 0.25) is 0 Å². The van der Waals surface area contributed by atoms with Crippen molar-refractivity contribution in [3.8, 4) is 11.5 Å². The van der Waals surface area contributed by atoms with E-state index in [0.29, 0.717) is 11.5 Å². The van der Waals surface area contributed by atoms with E-state index in [2.05, 4.69) is 4.84 Å². The highest BCUT2D eigenvalue weighted by Crippen LogP contribution is 2.25. The molecule has 1 aromatic rings. The predicted molar refractivity (Wildman–Crippen MR) is 62.2 cm³/mol. The first-order chi connectivity index (χ1) is 9.02. The van der Waals surface area contributed by atoms with Crippen LogP contribution < -0.4 is 9.47 Å². The van der Waals surface area contributed by atoms with E-state index in [0.717, 1.165) is 0 Å². The van der Waals surface area contributed by atoms with Gasteiger partial charge in [0.25, 0.3) is 5.09 Å². The third kappa shape index (κ3) is 5.06. The van der Waals surface area contributed by atoms with E-state index in [1.807, 2.05) is 0 Å². The van der Waals surface area contributed by atoms with Crippen LogP contribution >= 0.6 is 0 Å². The third-order valence-corrected chi connectivity index (χ3v) is 2.08. The van der Waals surface area contributed by atoms with E-state index >= 15 is 0 Å². The van der Waals surface area contributed by atoms with E-state index in [1.54, 1.807) is 24.3 Å². The molecule has 0 aliphatic rings. The first-order valence-electron chi connectivity index (χ1n) is 5.21. The van der Waals surface area contributed by atoms with Crippen molar-refractivity contribution in [2.24, 2.45) is 0 Å². The second kappa shape index (κ2) is 6.99. The average Bonchev–Trinajstić information content (AvgIpc) is 2.35. The number of rotatable bonds is 8. The molecule has 0 saturated carbocycles. The lowest BCUT2D eigenvalue weighted by Crippen LogP contribution is -2.31. The van der Waals surface area contributed by atoms with Gasteiger partial charge in [0.2, 0.25) is 12.6 Å². The maximum Gasteiger partial charge on any atom is 0.295 e. The van der Waals surface area contributed by atoms with Gasteiger partial charge in [0.05, 0.1) is 7.11 Å². The summed E-state index contributed by atoms with van der Waals surface area (Å²) in [6.07, 6.45) is -1.28. The highest BCUT2D eigenvalue weighted by atomic mass is 17.0. The van der Waals surface area contributed by atoms with Gasteiger partial charge in [0, 0.05) is 4.92 Å². The van der Waals surface area contributed by atoms with Crippen LogP contribution in [0.1, 0.15) is 0 Å². The van der Waals surface area contributed by atoms with Crippen molar-refractivity contribution in [2.45, 2.75) is 6.10 Å². The largest absolute Gasteiger partial charge is 0.493 e. The molecule has 0 spiro atoms. The van der Waals surface area contributed by atoms with Gasteiger partial charge in [-0.2, -0.15) is 0 Å². The minimum Gasteiger partial charge on any atom is -0.493 e. The smallest absolute Gasteiger partial charge is 0.295 e. The molecule has 9 nitrogen and oxygen atoms in total. The molecule has 104 valence electrons. The summed E-state index contributed by atoms with van der Waals surface area (Å²) >= 11 is 0. The summed E-state index contributed by atoms with van der Waals surface area (Å²) in [6, 6.07) is 6.60. The van der Waals surface area contributed by atoms with Crippen LogP contribution in [-0.4, -0.2) is 36.4 Å². The standard InChI is InChI=1S/C10H12N2O7/c1-17-9-4-2-3-5-10(9)18-7-8(6-11(13)14)19-12(15)16/h2-5,8H,6-7H2,1H3. The first kappa shape index (κ1) is 14.5. The Hall–Kier alpha value is -2.58. The molecule has 0 fully saturated rings. The summed E-state index contributed by atoms with van der Waals surface area (Å²) in [5.74, 6) is 0.744. The summed E-state index contributed by atoms with van der Waals surface area (Å²) in [5.41, 5.74) is 0. The molecule has 9 heteroatoms. The highest BCUT2D eigenvalue weighted by Gasteiger charge is 2.21. The van der Waals surface area contributed by atoms with Gasteiger partial charge in [-0.05, 0) is 12.1 Å². The van der Waals surface area contributed by atoms with Crippen molar-refractivity contribution < 1.29 is 24.3 Å². The van der Waals surface area contributed by atoms with Crippen molar-refractivity contribution in [1.82, 2.24) is 0 Å². The topological polar surface area (TPSA) is 114 Å². The van der Waals surface area contributed by atoms with Crippen molar-refractivity contribution in [3.05, 3.63) is 44.5 Å².